The van der Waals surface area contributed by atoms with Gasteiger partial charge in [0, 0.05) is 13.1 Å². The van der Waals surface area contributed by atoms with E-state index in [9.17, 15) is 13.2 Å². The maximum Gasteiger partial charge on any atom is 0.309 e. The molecule has 0 atom stereocenters. The van der Waals surface area contributed by atoms with Crippen LogP contribution in [0.4, 0.5) is 0 Å². The number of hydrogen-bond donors (Lipinski definition) is 0. The number of hydrogen-bond acceptors (Lipinski definition) is 4. The summed E-state index contributed by atoms with van der Waals surface area (Å²) in [6.45, 7) is 8.04. The summed E-state index contributed by atoms with van der Waals surface area (Å²) in [6, 6.07) is 0. The summed E-state index contributed by atoms with van der Waals surface area (Å²) in [6.07, 6.45) is 1.10. The molecular weight excluding hydrogens is 254 g/mol. The third kappa shape index (κ3) is 3.23. The van der Waals surface area contributed by atoms with Crippen molar-refractivity contribution in [1.82, 2.24) is 4.31 Å². The lowest BCUT2D eigenvalue weighted by atomic mass is 9.98. The number of piperidine rings is 1. The molecule has 0 aromatic heterocycles. The van der Waals surface area contributed by atoms with Crippen molar-refractivity contribution >= 4 is 16.0 Å². The molecule has 1 fully saturated rings. The molecule has 5 nitrogen and oxygen atoms in total. The van der Waals surface area contributed by atoms with Gasteiger partial charge in [-0.15, -0.1) is 0 Å². The van der Waals surface area contributed by atoms with Crippen molar-refractivity contribution in [2.75, 3.05) is 19.7 Å². The molecule has 0 bridgehead atoms. The van der Waals surface area contributed by atoms with Gasteiger partial charge in [0.1, 0.15) is 0 Å². The fourth-order valence-corrected chi connectivity index (χ4v) is 3.45. The number of rotatable bonds is 3. The minimum Gasteiger partial charge on any atom is -0.466 e. The van der Waals surface area contributed by atoms with Crippen LogP contribution in [0.5, 0.6) is 0 Å². The average molecular weight is 277 g/mol. The van der Waals surface area contributed by atoms with Crippen LogP contribution < -0.4 is 0 Å². The second-order valence-corrected chi connectivity index (χ2v) is 8.23. The fourth-order valence-electron chi connectivity index (χ4n) is 1.98. The van der Waals surface area contributed by atoms with Crippen LogP contribution in [0.3, 0.4) is 0 Å². The lowest BCUT2D eigenvalue weighted by molar-refractivity contribution is -0.149. The Morgan fingerprint density at radius 3 is 2.17 bits per heavy atom. The van der Waals surface area contributed by atoms with Crippen molar-refractivity contribution in [2.24, 2.45) is 5.92 Å². The van der Waals surface area contributed by atoms with Crippen LogP contribution in [0.25, 0.3) is 0 Å². The van der Waals surface area contributed by atoms with E-state index in [1.54, 1.807) is 27.7 Å². The van der Waals surface area contributed by atoms with Gasteiger partial charge in [-0.1, -0.05) is 0 Å². The van der Waals surface area contributed by atoms with Crippen molar-refractivity contribution in [2.45, 2.75) is 45.3 Å². The molecule has 0 unspecified atom stereocenters. The van der Waals surface area contributed by atoms with Crippen LogP contribution >= 0.6 is 0 Å². The maximum atomic E-state index is 12.2. The minimum absolute atomic E-state index is 0.156. The summed E-state index contributed by atoms with van der Waals surface area (Å²) in [4.78, 5) is 11.6. The molecule has 1 saturated heterocycles. The fraction of sp³-hybridized carbons (Fsp3) is 0.917. The number of carbonyl (C=O) groups is 1. The zero-order chi connectivity index (χ0) is 14.0. The van der Waals surface area contributed by atoms with Gasteiger partial charge >= 0.3 is 5.97 Å². The van der Waals surface area contributed by atoms with Gasteiger partial charge in [0.2, 0.25) is 10.0 Å². The topological polar surface area (TPSA) is 63.7 Å². The van der Waals surface area contributed by atoms with E-state index >= 15 is 0 Å². The Hall–Kier alpha value is -0.620. The van der Waals surface area contributed by atoms with Crippen molar-refractivity contribution < 1.29 is 17.9 Å². The highest BCUT2D eigenvalue weighted by Gasteiger charge is 2.38. The molecule has 0 aromatic rings. The van der Waals surface area contributed by atoms with Crippen molar-refractivity contribution in [3.63, 3.8) is 0 Å². The number of ether oxygens (including phenoxy) is 1. The molecule has 0 spiro atoms. The third-order valence-corrected chi connectivity index (χ3v) is 5.78. The van der Waals surface area contributed by atoms with E-state index in [1.165, 1.54) is 4.31 Å². The van der Waals surface area contributed by atoms with E-state index in [2.05, 4.69) is 0 Å². The maximum absolute atomic E-state index is 12.2. The first kappa shape index (κ1) is 15.4. The molecule has 1 heterocycles. The summed E-state index contributed by atoms with van der Waals surface area (Å²) in [7, 11) is -3.28. The number of carbonyl (C=O) groups excluding carboxylic acids is 1. The van der Waals surface area contributed by atoms with Crippen LogP contribution in [-0.4, -0.2) is 43.1 Å². The molecule has 1 rings (SSSR count). The Labute approximate surface area is 110 Å². The SMILES string of the molecule is CCOC(=O)C1CCN(S(=O)(=O)C(C)(C)C)CC1. The van der Waals surface area contributed by atoms with Crippen LogP contribution in [0.15, 0.2) is 0 Å². The Balaban J connectivity index is 2.63. The largest absolute Gasteiger partial charge is 0.466 e. The Bertz CT molecular complexity index is 389. The molecule has 1 aliphatic rings. The van der Waals surface area contributed by atoms with Crippen molar-refractivity contribution in [3.05, 3.63) is 0 Å². The quantitative estimate of drug-likeness (QED) is 0.731. The molecule has 0 amide bonds. The number of sulfonamides is 1. The van der Waals surface area contributed by atoms with E-state index < -0.39 is 14.8 Å². The number of nitrogens with zero attached hydrogens (tertiary/aromatic N) is 1. The van der Waals surface area contributed by atoms with Gasteiger partial charge in [0.15, 0.2) is 0 Å². The summed E-state index contributed by atoms with van der Waals surface area (Å²) < 4.78 is 30.1. The first-order valence-electron chi connectivity index (χ1n) is 6.36. The van der Waals surface area contributed by atoms with Gasteiger partial charge in [-0.05, 0) is 40.5 Å². The molecule has 6 heteroatoms. The lowest BCUT2D eigenvalue weighted by Gasteiger charge is -2.34. The highest BCUT2D eigenvalue weighted by atomic mass is 32.2. The Kier molecular flexibility index (Phi) is 4.78. The molecule has 0 N–H and O–H groups in total. The second-order valence-electron chi connectivity index (χ2n) is 5.54. The van der Waals surface area contributed by atoms with Gasteiger partial charge in [0.05, 0.1) is 17.3 Å². The van der Waals surface area contributed by atoms with E-state index in [0.29, 0.717) is 32.5 Å². The van der Waals surface area contributed by atoms with Crippen molar-refractivity contribution in [3.8, 4) is 0 Å². The zero-order valence-electron chi connectivity index (χ0n) is 11.6. The number of esters is 1. The molecule has 1 aliphatic heterocycles. The molecule has 0 aromatic carbocycles. The normalized spacial score (nSPS) is 19.8. The first-order valence-corrected chi connectivity index (χ1v) is 7.80. The first-order chi connectivity index (χ1) is 8.20. The van der Waals surface area contributed by atoms with E-state index in [1.807, 2.05) is 0 Å². The standard InChI is InChI=1S/C12H23NO4S/c1-5-17-11(14)10-6-8-13(9-7-10)18(15,16)12(2,3)4/h10H,5-9H2,1-4H3. The molecule has 0 saturated carbocycles. The van der Waals surface area contributed by atoms with E-state index in [0.717, 1.165) is 0 Å². The van der Waals surface area contributed by atoms with Gasteiger partial charge in [0.25, 0.3) is 0 Å². The van der Waals surface area contributed by atoms with Crippen molar-refractivity contribution in [1.29, 1.82) is 0 Å². The second kappa shape index (κ2) is 5.57. The highest BCUT2D eigenvalue weighted by Crippen LogP contribution is 2.26. The van der Waals surface area contributed by atoms with Gasteiger partial charge in [-0.2, -0.15) is 0 Å². The Morgan fingerprint density at radius 2 is 1.78 bits per heavy atom. The molecule has 18 heavy (non-hydrogen) atoms. The van der Waals surface area contributed by atoms with E-state index in [4.69, 9.17) is 4.74 Å². The summed E-state index contributed by atoms with van der Waals surface area (Å²) in [5, 5.41) is 0. The zero-order valence-corrected chi connectivity index (χ0v) is 12.4. The summed E-state index contributed by atoms with van der Waals surface area (Å²) >= 11 is 0. The van der Waals surface area contributed by atoms with Gasteiger partial charge in [-0.3, -0.25) is 4.79 Å². The smallest absolute Gasteiger partial charge is 0.309 e. The van der Waals surface area contributed by atoms with Crippen LogP contribution in [0.1, 0.15) is 40.5 Å². The summed E-state index contributed by atoms with van der Waals surface area (Å²) in [5.41, 5.74) is 0. The lowest BCUT2D eigenvalue weighted by Crippen LogP contribution is -2.47. The molecule has 0 aliphatic carbocycles. The predicted octanol–water partition coefficient (Wildman–Crippen LogP) is 1.39. The summed E-state index contributed by atoms with van der Waals surface area (Å²) in [5.74, 6) is -0.360. The molecule has 106 valence electrons. The van der Waals surface area contributed by atoms with Gasteiger partial charge in [-0.25, -0.2) is 12.7 Å². The molecular formula is C12H23NO4S. The third-order valence-electron chi connectivity index (χ3n) is 3.19. The minimum atomic E-state index is -3.28. The van der Waals surface area contributed by atoms with E-state index in [-0.39, 0.29) is 11.9 Å². The predicted molar refractivity (Wildman–Crippen MR) is 69.6 cm³/mol. The van der Waals surface area contributed by atoms with Crippen LogP contribution in [0.2, 0.25) is 0 Å². The van der Waals surface area contributed by atoms with Crippen LogP contribution in [0, 0.1) is 5.92 Å². The highest BCUT2D eigenvalue weighted by molar-refractivity contribution is 7.90. The molecule has 0 radical (unpaired) electrons. The van der Waals surface area contributed by atoms with Crippen LogP contribution in [-0.2, 0) is 19.6 Å². The Morgan fingerprint density at radius 1 is 1.28 bits per heavy atom. The monoisotopic (exact) mass is 277 g/mol. The van der Waals surface area contributed by atoms with Gasteiger partial charge < -0.3 is 4.74 Å². The average Bonchev–Trinajstić information content (AvgIpc) is 2.28.